The average molecular weight is 835 g/mol. The van der Waals surface area contributed by atoms with E-state index in [1.54, 1.807) is 0 Å². The molecule has 0 saturated heterocycles. The molecule has 0 amide bonds. The number of pyridine rings is 1. The van der Waals surface area contributed by atoms with Crippen molar-refractivity contribution in [3.8, 4) is 11.4 Å². The normalized spacial score (nSPS) is 12.3. The van der Waals surface area contributed by atoms with Gasteiger partial charge in [-0.2, -0.15) is 0 Å². The van der Waals surface area contributed by atoms with Crippen molar-refractivity contribution in [2.45, 2.75) is 41.5 Å². The van der Waals surface area contributed by atoms with Gasteiger partial charge in [-0.3, -0.25) is 9.78 Å². The number of hydrogen-bond donors (Lipinski definition) is 1. The molecule has 3 aromatic heterocycles. The predicted molar refractivity (Wildman–Crippen MR) is 204 cm³/mol. The molecule has 1 radical (unpaired) electrons. The fourth-order valence-corrected chi connectivity index (χ4v) is 6.27. The summed E-state index contributed by atoms with van der Waals surface area (Å²) in [7, 11) is 0. The number of carbonyl (C=O) groups excluding carboxylic acids is 1. The van der Waals surface area contributed by atoms with E-state index in [4.69, 9.17) is 4.98 Å². The summed E-state index contributed by atoms with van der Waals surface area (Å²) in [6, 6.07) is 44.4. The fraction of sp³-hybridized carbons (Fsp3) is 0.182. The van der Waals surface area contributed by atoms with E-state index >= 15 is 0 Å². The Morgan fingerprint density at radius 2 is 1.20 bits per heavy atom. The van der Waals surface area contributed by atoms with Gasteiger partial charge in [0.15, 0.2) is 5.78 Å². The molecular weight excluding hydrogens is 795 g/mol. The van der Waals surface area contributed by atoms with Crippen molar-refractivity contribution in [3.05, 3.63) is 139 Å². The second-order valence-electron chi connectivity index (χ2n) is 14.6. The number of aliphatic hydroxyl groups excluding tert-OH is 1. The Morgan fingerprint density at radius 3 is 1.78 bits per heavy atom. The van der Waals surface area contributed by atoms with Gasteiger partial charge < -0.3 is 14.2 Å². The third-order valence-corrected chi connectivity index (χ3v) is 8.97. The van der Waals surface area contributed by atoms with Crippen LogP contribution in [0.2, 0.25) is 0 Å². The quantitative estimate of drug-likeness (QED) is 0.110. The first-order valence-electron chi connectivity index (χ1n) is 16.7. The number of aliphatic hydroxyl groups is 1. The van der Waals surface area contributed by atoms with Crippen molar-refractivity contribution in [2.75, 3.05) is 0 Å². The molecule has 0 fully saturated rings. The third kappa shape index (κ3) is 6.26. The Kier molecular flexibility index (Phi) is 9.30. The van der Waals surface area contributed by atoms with Crippen LogP contribution in [-0.4, -0.2) is 25.0 Å². The van der Waals surface area contributed by atoms with Crippen LogP contribution in [0.25, 0.3) is 65.9 Å². The van der Waals surface area contributed by atoms with Crippen LogP contribution in [0.15, 0.2) is 133 Å². The summed E-state index contributed by atoms with van der Waals surface area (Å²) in [6.07, 6.45) is 3.26. The summed E-state index contributed by atoms with van der Waals surface area (Å²) in [5, 5.41) is 15.2. The van der Waals surface area contributed by atoms with E-state index in [0.29, 0.717) is 0 Å². The van der Waals surface area contributed by atoms with Crippen LogP contribution in [0.3, 0.4) is 0 Å². The molecular formula is C44H40IrN3O2-. The molecule has 8 rings (SSSR count). The molecule has 3 heterocycles. The first-order valence-corrected chi connectivity index (χ1v) is 16.7. The van der Waals surface area contributed by atoms with E-state index < -0.39 is 5.41 Å². The molecule has 8 aromatic rings. The molecule has 0 unspecified atom stereocenters. The molecule has 1 N–H and O–H groups in total. The Hall–Kier alpha value is -5.03. The van der Waals surface area contributed by atoms with Crippen molar-refractivity contribution in [3.63, 3.8) is 0 Å². The van der Waals surface area contributed by atoms with Gasteiger partial charge in [0.05, 0.1) is 11.0 Å². The predicted octanol–water partition coefficient (Wildman–Crippen LogP) is 11.3. The van der Waals surface area contributed by atoms with Crippen LogP contribution >= 0.6 is 0 Å². The molecule has 0 atom stereocenters. The van der Waals surface area contributed by atoms with Crippen LogP contribution in [0.4, 0.5) is 0 Å². The largest absolute Gasteiger partial charge is 0.512 e. The van der Waals surface area contributed by atoms with E-state index in [1.807, 2.05) is 47.7 Å². The number of aromatic nitrogens is 3. The number of carbonyl (C=O) groups is 1. The minimum absolute atomic E-state index is 0. The second-order valence-corrected chi connectivity index (χ2v) is 14.6. The minimum Gasteiger partial charge on any atom is -0.512 e. The number of rotatable bonds is 3. The summed E-state index contributed by atoms with van der Waals surface area (Å²) in [5.41, 5.74) is 7.02. The zero-order chi connectivity index (χ0) is 34.5. The van der Waals surface area contributed by atoms with Crippen molar-refractivity contribution in [1.29, 1.82) is 0 Å². The SMILES string of the molecule is CC(C)(C)C(=O)/C=C(\O)C(C)(C)C.[Ir].[c-]1c2ccccc2cc2c1c1nccc3c1c1c(cccc1n3-c1ccccc1)n2-c1ccccc1. The maximum Gasteiger partial charge on any atom is 0.164 e. The number of fused-ring (bicyclic) bond motifs is 3. The van der Waals surface area contributed by atoms with Crippen LogP contribution in [0.5, 0.6) is 0 Å². The van der Waals surface area contributed by atoms with Crippen LogP contribution in [0.1, 0.15) is 41.5 Å². The van der Waals surface area contributed by atoms with E-state index in [9.17, 15) is 9.90 Å². The van der Waals surface area contributed by atoms with Crippen molar-refractivity contribution in [1.82, 2.24) is 14.1 Å². The van der Waals surface area contributed by atoms with Crippen molar-refractivity contribution in [2.24, 2.45) is 10.8 Å². The zero-order valence-corrected chi connectivity index (χ0v) is 31.5. The van der Waals surface area contributed by atoms with Gasteiger partial charge in [-0.05, 0) is 48.0 Å². The van der Waals surface area contributed by atoms with E-state index in [1.165, 1.54) is 17.0 Å². The van der Waals surface area contributed by atoms with E-state index in [-0.39, 0.29) is 37.1 Å². The maximum atomic E-state index is 11.5. The van der Waals surface area contributed by atoms with E-state index in [2.05, 4.69) is 130 Å². The van der Waals surface area contributed by atoms with Crippen molar-refractivity contribution >= 4 is 60.3 Å². The smallest absolute Gasteiger partial charge is 0.164 e. The summed E-state index contributed by atoms with van der Waals surface area (Å²) in [5.74, 6) is 0.104. The standard InChI is InChI=1S/C33H20N3.C11H20O2.Ir/c1-3-12-24(13-4-1)35-27-16-9-17-28-31(27)32-29(35)18-19-34-33(32)26-20-22-10-7-8-11-23(22)21-30(26)36(28)25-14-5-2-6-15-25;1-10(2,3)8(12)7-9(13)11(4,5)6;/h1-19,21H;7,12H,1-6H3;/q-1;;/b;8-7-;. The number of para-hydroxylation sites is 2. The van der Waals surface area contributed by atoms with Gasteiger partial charge in [0.25, 0.3) is 0 Å². The number of hydrogen-bond acceptors (Lipinski definition) is 3. The Bertz CT molecular complexity index is 2530. The monoisotopic (exact) mass is 835 g/mol. The molecule has 253 valence electrons. The van der Waals surface area contributed by atoms with Gasteiger partial charge in [0.2, 0.25) is 0 Å². The molecule has 0 aliphatic carbocycles. The molecule has 6 heteroatoms. The van der Waals surface area contributed by atoms with Crippen LogP contribution in [-0.2, 0) is 24.9 Å². The van der Waals surface area contributed by atoms with Gasteiger partial charge in [-0.1, -0.05) is 119 Å². The molecule has 0 bridgehead atoms. The molecule has 0 aliphatic heterocycles. The third-order valence-electron chi connectivity index (χ3n) is 8.97. The first kappa shape index (κ1) is 34.8. The zero-order valence-electron chi connectivity index (χ0n) is 29.2. The van der Waals surface area contributed by atoms with E-state index in [0.717, 1.165) is 55.0 Å². The Balaban J connectivity index is 0.000000267. The Labute approximate surface area is 306 Å². The topological polar surface area (TPSA) is 60.0 Å². The number of ketones is 1. The minimum atomic E-state index is -0.417. The summed E-state index contributed by atoms with van der Waals surface area (Å²) < 4.78 is 4.73. The van der Waals surface area contributed by atoms with Gasteiger partial charge in [-0.25, -0.2) is 0 Å². The second kappa shape index (κ2) is 13.4. The molecule has 0 saturated carbocycles. The van der Waals surface area contributed by atoms with Gasteiger partial charge >= 0.3 is 0 Å². The van der Waals surface area contributed by atoms with Crippen LogP contribution < -0.4 is 0 Å². The number of nitrogens with zero attached hydrogens (tertiary/aromatic N) is 3. The summed E-state index contributed by atoms with van der Waals surface area (Å²) >= 11 is 0. The fourth-order valence-electron chi connectivity index (χ4n) is 6.27. The van der Waals surface area contributed by atoms with Gasteiger partial charge in [-0.15, -0.1) is 17.5 Å². The van der Waals surface area contributed by atoms with Crippen LogP contribution in [0, 0.1) is 16.9 Å². The summed E-state index contributed by atoms with van der Waals surface area (Å²) in [4.78, 5) is 16.5. The maximum absolute atomic E-state index is 11.5. The van der Waals surface area contributed by atoms with Gasteiger partial charge in [0, 0.05) is 76.4 Å². The molecule has 0 aliphatic rings. The molecule has 5 nitrogen and oxygen atoms in total. The average Bonchev–Trinajstić information content (AvgIpc) is 3.37. The molecule has 0 spiro atoms. The molecule has 5 aromatic carbocycles. The van der Waals surface area contributed by atoms with Crippen molar-refractivity contribution < 1.29 is 30.0 Å². The number of allylic oxidation sites excluding steroid dienone is 2. The first-order chi connectivity index (χ1) is 23.4. The Morgan fingerprint density at radius 1 is 0.660 bits per heavy atom. The van der Waals surface area contributed by atoms with Gasteiger partial charge in [0.1, 0.15) is 5.76 Å². The molecule has 50 heavy (non-hydrogen) atoms. The summed E-state index contributed by atoms with van der Waals surface area (Å²) in [6.45, 7) is 11.1. The number of benzene rings is 5.